The lowest BCUT2D eigenvalue weighted by Crippen LogP contribution is -2.14. The van der Waals surface area contributed by atoms with Crippen LogP contribution in [0.3, 0.4) is 0 Å². The lowest BCUT2D eigenvalue weighted by Gasteiger charge is -2.11. The molecule has 3 aromatic rings. The molecule has 0 saturated heterocycles. The summed E-state index contributed by atoms with van der Waals surface area (Å²) in [5.74, 6) is -0.518. The number of carbonyl (C=O) groups excluding carboxylic acids is 2. The van der Waals surface area contributed by atoms with Crippen LogP contribution in [-0.4, -0.2) is 33.5 Å². The Morgan fingerprint density at radius 3 is 2.45 bits per heavy atom. The number of aromatic nitrogens is 3. The van der Waals surface area contributed by atoms with E-state index in [1.165, 1.54) is 0 Å². The first kappa shape index (κ1) is 20.3. The van der Waals surface area contributed by atoms with Crippen LogP contribution in [0.1, 0.15) is 31.7 Å². The first-order valence-corrected chi connectivity index (χ1v) is 9.49. The van der Waals surface area contributed by atoms with E-state index < -0.39 is 5.97 Å². The van der Waals surface area contributed by atoms with Gasteiger partial charge in [0.05, 0.1) is 12.3 Å². The molecule has 0 saturated carbocycles. The average Bonchev–Trinajstić information content (AvgIpc) is 3.13. The number of ether oxygens (including phenoxy) is 1. The van der Waals surface area contributed by atoms with Crippen LogP contribution in [0.5, 0.6) is 0 Å². The van der Waals surface area contributed by atoms with Gasteiger partial charge in [-0.15, -0.1) is 15.0 Å². The quantitative estimate of drug-likeness (QED) is 0.356. The molecule has 7 nitrogen and oxygen atoms in total. The second-order valence-electron chi connectivity index (χ2n) is 6.92. The normalized spacial score (nSPS) is 10.7. The third kappa shape index (κ3) is 5.28. The number of hydrogen-bond acceptors (Lipinski definition) is 5. The molecule has 0 fully saturated rings. The standard InChI is InChI=1S/C22H24N4O3/c1-15(2)22(28)29-13-7-6-10-21(27)23-19-12-11-16(3)14-20(19)26-24-17-8-4-5-9-18(17)25-26/h4-5,8-9,11-12,14H,1,6-7,10,13H2,2-3H3,(H,23,27). The molecule has 1 amide bonds. The summed E-state index contributed by atoms with van der Waals surface area (Å²) >= 11 is 0. The van der Waals surface area contributed by atoms with Gasteiger partial charge in [0.1, 0.15) is 16.7 Å². The summed E-state index contributed by atoms with van der Waals surface area (Å²) in [5.41, 5.74) is 4.35. The number of nitrogens with zero attached hydrogens (tertiary/aromatic N) is 3. The third-order valence-electron chi connectivity index (χ3n) is 4.31. The summed E-state index contributed by atoms with van der Waals surface area (Å²) in [5, 5.41) is 12.0. The Balaban J connectivity index is 1.63. The van der Waals surface area contributed by atoms with Gasteiger partial charge in [-0.05, 0) is 56.5 Å². The van der Waals surface area contributed by atoms with Crippen molar-refractivity contribution in [1.29, 1.82) is 0 Å². The SMILES string of the molecule is C=C(C)C(=O)OCCCCC(=O)Nc1ccc(C)cc1-n1nc2ccccc2n1. The molecule has 0 aliphatic carbocycles. The number of esters is 1. The van der Waals surface area contributed by atoms with E-state index in [0.29, 0.717) is 36.2 Å². The monoisotopic (exact) mass is 392 g/mol. The fraction of sp³-hybridized carbons (Fsp3) is 0.273. The number of nitrogens with one attached hydrogen (secondary N) is 1. The van der Waals surface area contributed by atoms with E-state index in [-0.39, 0.29) is 12.5 Å². The van der Waals surface area contributed by atoms with Crippen molar-refractivity contribution in [3.8, 4) is 5.69 Å². The number of amides is 1. The Labute approximate surface area is 169 Å². The number of unbranched alkanes of at least 4 members (excludes halogenated alkanes) is 1. The molecule has 1 N–H and O–H groups in total. The molecule has 150 valence electrons. The number of aryl methyl sites for hydroxylation is 1. The number of fused-ring (bicyclic) bond motifs is 1. The minimum Gasteiger partial charge on any atom is -0.462 e. The Hall–Kier alpha value is -3.48. The smallest absolute Gasteiger partial charge is 0.333 e. The van der Waals surface area contributed by atoms with Crippen molar-refractivity contribution >= 4 is 28.6 Å². The molecular formula is C22H24N4O3. The Morgan fingerprint density at radius 1 is 1.10 bits per heavy atom. The minimum absolute atomic E-state index is 0.113. The van der Waals surface area contributed by atoms with Crippen molar-refractivity contribution < 1.29 is 14.3 Å². The largest absolute Gasteiger partial charge is 0.462 e. The molecule has 0 bridgehead atoms. The molecule has 0 aliphatic rings. The Bertz CT molecular complexity index is 1020. The molecule has 1 heterocycles. The first-order chi connectivity index (χ1) is 13.9. The summed E-state index contributed by atoms with van der Waals surface area (Å²) in [7, 11) is 0. The summed E-state index contributed by atoms with van der Waals surface area (Å²) in [4.78, 5) is 25.3. The van der Waals surface area contributed by atoms with Crippen molar-refractivity contribution in [2.24, 2.45) is 0 Å². The first-order valence-electron chi connectivity index (χ1n) is 9.49. The van der Waals surface area contributed by atoms with E-state index in [2.05, 4.69) is 22.1 Å². The number of anilines is 1. The predicted molar refractivity (Wildman–Crippen MR) is 112 cm³/mol. The summed E-state index contributed by atoms with van der Waals surface area (Å²) in [6, 6.07) is 13.3. The summed E-state index contributed by atoms with van der Waals surface area (Å²) < 4.78 is 5.03. The molecule has 3 rings (SSSR count). The van der Waals surface area contributed by atoms with Gasteiger partial charge in [0.25, 0.3) is 0 Å². The van der Waals surface area contributed by atoms with Gasteiger partial charge in [0.15, 0.2) is 0 Å². The van der Waals surface area contributed by atoms with Crippen molar-refractivity contribution in [2.75, 3.05) is 11.9 Å². The van der Waals surface area contributed by atoms with Crippen LogP contribution in [0.4, 0.5) is 5.69 Å². The van der Waals surface area contributed by atoms with E-state index in [9.17, 15) is 9.59 Å². The van der Waals surface area contributed by atoms with Gasteiger partial charge in [-0.1, -0.05) is 24.8 Å². The van der Waals surface area contributed by atoms with Crippen molar-refractivity contribution in [3.63, 3.8) is 0 Å². The molecule has 0 radical (unpaired) electrons. The Morgan fingerprint density at radius 2 is 1.79 bits per heavy atom. The maximum atomic E-state index is 12.4. The Kier molecular flexibility index (Phi) is 6.39. The van der Waals surface area contributed by atoms with Gasteiger partial charge in [0.2, 0.25) is 5.91 Å². The predicted octanol–water partition coefficient (Wildman–Crippen LogP) is 3.96. The number of carbonyl (C=O) groups is 2. The summed E-state index contributed by atoms with van der Waals surface area (Å²) in [6.45, 7) is 7.39. The lowest BCUT2D eigenvalue weighted by molar-refractivity contribution is -0.139. The molecule has 1 aromatic heterocycles. The van der Waals surface area contributed by atoms with Crippen LogP contribution in [0.25, 0.3) is 16.7 Å². The second-order valence-corrected chi connectivity index (χ2v) is 6.92. The second kappa shape index (κ2) is 9.14. The highest BCUT2D eigenvalue weighted by Crippen LogP contribution is 2.22. The van der Waals surface area contributed by atoms with E-state index in [4.69, 9.17) is 4.74 Å². The fourth-order valence-electron chi connectivity index (χ4n) is 2.77. The maximum absolute atomic E-state index is 12.4. The number of benzene rings is 2. The number of hydrogen-bond donors (Lipinski definition) is 1. The molecular weight excluding hydrogens is 368 g/mol. The zero-order chi connectivity index (χ0) is 20.8. The highest BCUT2D eigenvalue weighted by molar-refractivity contribution is 5.93. The van der Waals surface area contributed by atoms with Crippen LogP contribution in [-0.2, 0) is 14.3 Å². The van der Waals surface area contributed by atoms with E-state index in [1.807, 2.05) is 49.4 Å². The van der Waals surface area contributed by atoms with E-state index in [1.54, 1.807) is 11.7 Å². The van der Waals surface area contributed by atoms with Gasteiger partial charge in [0, 0.05) is 12.0 Å². The molecule has 0 atom stereocenters. The maximum Gasteiger partial charge on any atom is 0.333 e. The van der Waals surface area contributed by atoms with Crippen molar-refractivity contribution in [2.45, 2.75) is 33.1 Å². The number of rotatable bonds is 8. The molecule has 29 heavy (non-hydrogen) atoms. The van der Waals surface area contributed by atoms with Crippen molar-refractivity contribution in [1.82, 2.24) is 15.0 Å². The fourth-order valence-corrected chi connectivity index (χ4v) is 2.77. The molecule has 2 aromatic carbocycles. The zero-order valence-corrected chi connectivity index (χ0v) is 16.6. The molecule has 0 spiro atoms. The van der Waals surface area contributed by atoms with Gasteiger partial charge in [-0.2, -0.15) is 0 Å². The van der Waals surface area contributed by atoms with Crippen LogP contribution < -0.4 is 5.32 Å². The molecule has 7 heteroatoms. The van der Waals surface area contributed by atoms with E-state index in [0.717, 1.165) is 16.6 Å². The van der Waals surface area contributed by atoms with Crippen LogP contribution in [0.2, 0.25) is 0 Å². The zero-order valence-electron chi connectivity index (χ0n) is 16.6. The highest BCUT2D eigenvalue weighted by atomic mass is 16.5. The van der Waals surface area contributed by atoms with E-state index >= 15 is 0 Å². The minimum atomic E-state index is -0.405. The summed E-state index contributed by atoms with van der Waals surface area (Å²) in [6.07, 6.45) is 1.55. The van der Waals surface area contributed by atoms with Gasteiger partial charge < -0.3 is 10.1 Å². The van der Waals surface area contributed by atoms with Gasteiger partial charge in [-0.25, -0.2) is 4.79 Å². The highest BCUT2D eigenvalue weighted by Gasteiger charge is 2.12. The van der Waals surface area contributed by atoms with Gasteiger partial charge >= 0.3 is 5.97 Å². The topological polar surface area (TPSA) is 86.1 Å². The third-order valence-corrected chi connectivity index (χ3v) is 4.31. The van der Waals surface area contributed by atoms with Crippen molar-refractivity contribution in [3.05, 3.63) is 60.2 Å². The van der Waals surface area contributed by atoms with Gasteiger partial charge in [-0.3, -0.25) is 4.79 Å². The molecule has 0 aliphatic heterocycles. The lowest BCUT2D eigenvalue weighted by atomic mass is 10.2. The van der Waals surface area contributed by atoms with Crippen LogP contribution in [0.15, 0.2) is 54.6 Å². The average molecular weight is 392 g/mol. The molecule has 0 unspecified atom stereocenters. The van der Waals surface area contributed by atoms with Crippen LogP contribution >= 0.6 is 0 Å². The van der Waals surface area contributed by atoms with Crippen LogP contribution in [0, 0.1) is 6.92 Å².